The Balaban J connectivity index is 1.65. The van der Waals surface area contributed by atoms with Gasteiger partial charge in [0.05, 0.1) is 44.9 Å². The molecule has 1 aromatic carbocycles. The molecule has 0 radical (unpaired) electrons. The first-order chi connectivity index (χ1) is 16.6. The highest BCUT2D eigenvalue weighted by Crippen LogP contribution is 2.40. The molecule has 0 unspecified atom stereocenters. The molecule has 174 valence electrons. The van der Waals surface area contributed by atoms with Gasteiger partial charge in [0.25, 0.3) is 0 Å². The number of benzene rings is 1. The number of carbonyl (C=O) groups is 1. The Morgan fingerprint density at radius 1 is 1.26 bits per heavy atom. The average molecular weight is 463 g/mol. The number of fused-ring (bicyclic) bond motifs is 2. The van der Waals surface area contributed by atoms with Crippen molar-refractivity contribution in [3.63, 3.8) is 0 Å². The van der Waals surface area contributed by atoms with Crippen molar-refractivity contribution in [2.24, 2.45) is 0 Å². The van der Waals surface area contributed by atoms with Crippen molar-refractivity contribution in [2.45, 2.75) is 19.5 Å². The first kappa shape index (κ1) is 21.6. The second-order valence-corrected chi connectivity index (χ2v) is 7.66. The first-order valence-electron chi connectivity index (χ1n) is 10.8. The van der Waals surface area contributed by atoms with Crippen LogP contribution in [0.1, 0.15) is 34.5 Å². The zero-order valence-corrected chi connectivity index (χ0v) is 18.6. The van der Waals surface area contributed by atoms with Crippen LogP contribution < -0.4 is 14.4 Å². The lowest BCUT2D eigenvalue weighted by Crippen LogP contribution is -2.37. The van der Waals surface area contributed by atoms with Gasteiger partial charge < -0.3 is 19.1 Å². The zero-order valence-electron chi connectivity index (χ0n) is 18.6. The molecular weight excluding hydrogens is 441 g/mol. The van der Waals surface area contributed by atoms with E-state index in [-0.39, 0.29) is 24.8 Å². The summed E-state index contributed by atoms with van der Waals surface area (Å²) in [6, 6.07) is 11.0. The molecule has 0 N–H and O–H groups in total. The lowest BCUT2D eigenvalue weighted by Gasteiger charge is -2.38. The fraction of sp³-hybridized carbons (Fsp3) is 0.250. The smallest absolute Gasteiger partial charge is 0.343 e. The van der Waals surface area contributed by atoms with Gasteiger partial charge in [-0.05, 0) is 18.6 Å². The van der Waals surface area contributed by atoms with E-state index >= 15 is 0 Å². The van der Waals surface area contributed by atoms with Crippen molar-refractivity contribution < 1.29 is 23.4 Å². The SMILES string of the molecule is CCOC(=O)c1cnn2cc3c(nc12)N(Cc1cc(F)cnc1OC)[C@H](c1ccccc1)CO3. The number of pyridine rings is 1. The summed E-state index contributed by atoms with van der Waals surface area (Å²) in [6.45, 7) is 2.55. The summed E-state index contributed by atoms with van der Waals surface area (Å²) < 4.78 is 32.2. The van der Waals surface area contributed by atoms with Crippen LogP contribution in [-0.4, -0.2) is 45.9 Å². The Hall–Kier alpha value is -4.21. The number of rotatable bonds is 6. The Morgan fingerprint density at radius 3 is 2.85 bits per heavy atom. The minimum Gasteiger partial charge on any atom is -0.486 e. The van der Waals surface area contributed by atoms with Crippen molar-refractivity contribution in [3.05, 3.63) is 77.5 Å². The molecule has 0 aliphatic carbocycles. The summed E-state index contributed by atoms with van der Waals surface area (Å²) in [7, 11) is 1.49. The standard InChI is InChI=1S/C24H22FN5O4/c1-3-33-24(31)18-11-27-30-13-20-22(28-21(18)30)29(12-16-9-17(25)10-26-23(16)32-2)19(14-34-20)15-7-5-4-6-8-15/h4-11,13,19H,3,12,14H2,1-2H3/t19-/m0/s1. The minimum atomic E-state index is -0.510. The van der Waals surface area contributed by atoms with E-state index in [4.69, 9.17) is 19.2 Å². The van der Waals surface area contributed by atoms with E-state index in [0.717, 1.165) is 11.8 Å². The van der Waals surface area contributed by atoms with E-state index in [0.29, 0.717) is 35.3 Å². The summed E-state index contributed by atoms with van der Waals surface area (Å²) in [6.07, 6.45) is 4.21. The van der Waals surface area contributed by atoms with Crippen molar-refractivity contribution in [3.8, 4) is 11.6 Å². The average Bonchev–Trinajstić information content (AvgIpc) is 3.27. The highest BCUT2D eigenvalue weighted by atomic mass is 19.1. The Bertz CT molecular complexity index is 1340. The van der Waals surface area contributed by atoms with Crippen LogP contribution >= 0.6 is 0 Å². The molecule has 4 heterocycles. The monoisotopic (exact) mass is 463 g/mol. The Morgan fingerprint density at radius 2 is 2.09 bits per heavy atom. The van der Waals surface area contributed by atoms with Gasteiger partial charge in [-0.15, -0.1) is 0 Å². The second kappa shape index (κ2) is 8.97. The Kier molecular flexibility index (Phi) is 5.70. The molecule has 0 bridgehead atoms. The van der Waals surface area contributed by atoms with Gasteiger partial charge in [-0.3, -0.25) is 0 Å². The summed E-state index contributed by atoms with van der Waals surface area (Å²) in [5.41, 5.74) is 2.13. The van der Waals surface area contributed by atoms with Crippen LogP contribution in [0, 0.1) is 5.82 Å². The summed E-state index contributed by atoms with van der Waals surface area (Å²) >= 11 is 0. The number of aromatic nitrogens is 4. The third-order valence-electron chi connectivity index (χ3n) is 5.59. The number of esters is 1. The van der Waals surface area contributed by atoms with Gasteiger partial charge >= 0.3 is 5.97 Å². The van der Waals surface area contributed by atoms with E-state index < -0.39 is 11.8 Å². The van der Waals surface area contributed by atoms with Gasteiger partial charge in [0.15, 0.2) is 17.2 Å². The predicted octanol–water partition coefficient (Wildman–Crippen LogP) is 3.59. The lowest BCUT2D eigenvalue weighted by atomic mass is 10.0. The van der Waals surface area contributed by atoms with Gasteiger partial charge in [0, 0.05) is 5.56 Å². The largest absolute Gasteiger partial charge is 0.486 e. The van der Waals surface area contributed by atoms with Gasteiger partial charge in [-0.2, -0.15) is 5.10 Å². The van der Waals surface area contributed by atoms with Crippen LogP contribution in [0.3, 0.4) is 0 Å². The first-order valence-corrected chi connectivity index (χ1v) is 10.8. The van der Waals surface area contributed by atoms with E-state index in [1.165, 1.54) is 23.9 Å². The molecule has 0 amide bonds. The molecule has 1 atom stereocenters. The van der Waals surface area contributed by atoms with Gasteiger partial charge in [0.2, 0.25) is 5.88 Å². The number of hydrogen-bond acceptors (Lipinski definition) is 8. The lowest BCUT2D eigenvalue weighted by molar-refractivity contribution is 0.0528. The van der Waals surface area contributed by atoms with Crippen LogP contribution in [0.15, 0.2) is 55.0 Å². The molecule has 34 heavy (non-hydrogen) atoms. The number of halogens is 1. The molecule has 3 aromatic heterocycles. The van der Waals surface area contributed by atoms with Gasteiger partial charge in [0.1, 0.15) is 18.0 Å². The number of anilines is 1. The molecule has 0 fully saturated rings. The van der Waals surface area contributed by atoms with Crippen molar-refractivity contribution in [1.82, 2.24) is 19.6 Å². The number of ether oxygens (including phenoxy) is 3. The number of hydrogen-bond donors (Lipinski definition) is 0. The summed E-state index contributed by atoms with van der Waals surface area (Å²) in [5, 5.41) is 4.23. The van der Waals surface area contributed by atoms with E-state index in [1.54, 1.807) is 13.1 Å². The van der Waals surface area contributed by atoms with Crippen LogP contribution in [0.4, 0.5) is 10.2 Å². The molecule has 5 rings (SSSR count). The quantitative estimate of drug-likeness (QED) is 0.401. The predicted molar refractivity (Wildman–Crippen MR) is 121 cm³/mol. The third-order valence-corrected chi connectivity index (χ3v) is 5.59. The molecule has 0 spiro atoms. The second-order valence-electron chi connectivity index (χ2n) is 7.66. The number of carbonyl (C=O) groups excluding carboxylic acids is 1. The number of nitrogens with zero attached hydrogens (tertiary/aromatic N) is 5. The molecule has 1 aliphatic rings. The summed E-state index contributed by atoms with van der Waals surface area (Å²) in [4.78, 5) is 23.3. The molecule has 9 nitrogen and oxygen atoms in total. The highest BCUT2D eigenvalue weighted by Gasteiger charge is 2.33. The van der Waals surface area contributed by atoms with Crippen LogP contribution in [0.2, 0.25) is 0 Å². The Labute approximate surface area is 194 Å². The van der Waals surface area contributed by atoms with E-state index in [2.05, 4.69) is 10.1 Å². The van der Waals surface area contributed by atoms with E-state index in [9.17, 15) is 9.18 Å². The maximum Gasteiger partial charge on any atom is 0.343 e. The third kappa shape index (κ3) is 3.87. The molecule has 4 aromatic rings. The van der Waals surface area contributed by atoms with E-state index in [1.807, 2.05) is 35.2 Å². The van der Waals surface area contributed by atoms with Crippen molar-refractivity contribution >= 4 is 17.4 Å². The zero-order chi connectivity index (χ0) is 23.7. The van der Waals surface area contributed by atoms with Crippen molar-refractivity contribution in [2.75, 3.05) is 25.2 Å². The van der Waals surface area contributed by atoms with Crippen LogP contribution in [0.5, 0.6) is 11.6 Å². The van der Waals surface area contributed by atoms with Gasteiger partial charge in [-0.1, -0.05) is 30.3 Å². The molecule has 0 saturated carbocycles. The maximum atomic E-state index is 14.1. The molecule has 0 saturated heterocycles. The topological polar surface area (TPSA) is 91.1 Å². The molecular formula is C24H22FN5O4. The highest BCUT2D eigenvalue weighted by molar-refractivity contribution is 5.96. The minimum absolute atomic E-state index is 0.231. The van der Waals surface area contributed by atoms with Crippen LogP contribution in [-0.2, 0) is 11.3 Å². The van der Waals surface area contributed by atoms with Crippen LogP contribution in [0.25, 0.3) is 5.65 Å². The van der Waals surface area contributed by atoms with Gasteiger partial charge in [-0.25, -0.2) is 23.7 Å². The summed E-state index contributed by atoms with van der Waals surface area (Å²) in [5.74, 6) is 0.318. The molecule has 1 aliphatic heterocycles. The fourth-order valence-electron chi connectivity index (χ4n) is 4.04. The normalized spacial score (nSPS) is 15.0. The van der Waals surface area contributed by atoms with Crippen molar-refractivity contribution in [1.29, 1.82) is 0 Å². The fourth-order valence-corrected chi connectivity index (χ4v) is 4.04. The maximum absolute atomic E-state index is 14.1. The number of methoxy groups -OCH3 is 1. The molecule has 10 heteroatoms.